The van der Waals surface area contributed by atoms with Crippen molar-refractivity contribution in [3.63, 3.8) is 0 Å². The van der Waals surface area contributed by atoms with E-state index in [1.165, 1.54) is 18.3 Å². The highest BCUT2D eigenvalue weighted by atomic mass is 35.5. The molecule has 0 aliphatic carbocycles. The van der Waals surface area contributed by atoms with Gasteiger partial charge in [0.1, 0.15) is 5.03 Å². The molecule has 0 saturated heterocycles. The number of nitrogens with zero attached hydrogens (tertiary/aromatic N) is 2. The van der Waals surface area contributed by atoms with Crippen molar-refractivity contribution >= 4 is 29.1 Å². The monoisotopic (exact) mass is 284 g/mol. The predicted molar refractivity (Wildman–Crippen MR) is 66.4 cm³/mol. The molecular formula is C11H6ClFN2O2S. The molecule has 0 unspecified atom stereocenters. The Morgan fingerprint density at radius 2 is 2.11 bits per heavy atom. The van der Waals surface area contributed by atoms with Crippen molar-refractivity contribution in [3.05, 3.63) is 57.5 Å². The summed E-state index contributed by atoms with van der Waals surface area (Å²) in [5, 5.41) is 11.6. The SMILES string of the molecule is O=[N+]([O-])c1c(F)cccc1Sc1ncccc1Cl. The van der Waals surface area contributed by atoms with Crippen LogP contribution in [0.15, 0.2) is 46.5 Å². The number of halogens is 2. The fraction of sp³-hybridized carbons (Fsp3) is 0. The average molecular weight is 285 g/mol. The second-order valence-electron chi connectivity index (χ2n) is 3.24. The van der Waals surface area contributed by atoms with E-state index in [0.29, 0.717) is 10.0 Å². The van der Waals surface area contributed by atoms with Crippen LogP contribution in [0.25, 0.3) is 0 Å². The molecule has 0 aliphatic rings. The second kappa shape index (κ2) is 5.32. The van der Waals surface area contributed by atoms with Gasteiger partial charge in [0.05, 0.1) is 14.8 Å². The van der Waals surface area contributed by atoms with E-state index in [1.807, 2.05) is 0 Å². The molecule has 0 fully saturated rings. The molecule has 0 N–H and O–H groups in total. The van der Waals surface area contributed by atoms with E-state index in [9.17, 15) is 14.5 Å². The van der Waals surface area contributed by atoms with Gasteiger partial charge in [-0.1, -0.05) is 29.4 Å². The molecule has 92 valence electrons. The van der Waals surface area contributed by atoms with E-state index in [2.05, 4.69) is 4.98 Å². The molecule has 2 aromatic rings. The minimum atomic E-state index is -0.878. The summed E-state index contributed by atoms with van der Waals surface area (Å²) < 4.78 is 13.4. The summed E-state index contributed by atoms with van der Waals surface area (Å²) in [6.45, 7) is 0. The smallest absolute Gasteiger partial charge is 0.258 e. The van der Waals surface area contributed by atoms with Crippen LogP contribution in [-0.4, -0.2) is 9.91 Å². The number of nitro groups is 1. The first-order valence-electron chi connectivity index (χ1n) is 4.81. The van der Waals surface area contributed by atoms with Gasteiger partial charge < -0.3 is 0 Å². The van der Waals surface area contributed by atoms with Crippen LogP contribution in [0.4, 0.5) is 10.1 Å². The minimum Gasteiger partial charge on any atom is -0.258 e. The summed E-state index contributed by atoms with van der Waals surface area (Å²) in [4.78, 5) is 14.2. The molecule has 1 aromatic heterocycles. The molecule has 1 aromatic carbocycles. The zero-order chi connectivity index (χ0) is 13.1. The zero-order valence-electron chi connectivity index (χ0n) is 8.84. The van der Waals surface area contributed by atoms with Crippen molar-refractivity contribution in [1.82, 2.24) is 4.98 Å². The standard InChI is InChI=1S/C11H6ClFN2O2S/c12-7-3-2-6-14-11(7)18-9-5-1-4-8(13)10(9)15(16)17/h1-6H. The highest BCUT2D eigenvalue weighted by molar-refractivity contribution is 7.99. The van der Waals surface area contributed by atoms with E-state index < -0.39 is 16.4 Å². The summed E-state index contributed by atoms with van der Waals surface area (Å²) in [5.74, 6) is -0.878. The number of hydrogen-bond donors (Lipinski definition) is 0. The van der Waals surface area contributed by atoms with Gasteiger partial charge >= 0.3 is 5.69 Å². The van der Waals surface area contributed by atoms with Gasteiger partial charge in [-0.15, -0.1) is 0 Å². The van der Waals surface area contributed by atoms with Crippen molar-refractivity contribution in [3.8, 4) is 0 Å². The van der Waals surface area contributed by atoms with Gasteiger partial charge in [0.2, 0.25) is 5.82 Å². The Kier molecular flexibility index (Phi) is 3.78. The molecule has 7 heteroatoms. The third-order valence-electron chi connectivity index (χ3n) is 2.06. The first-order valence-corrected chi connectivity index (χ1v) is 6.00. The molecule has 4 nitrogen and oxygen atoms in total. The maximum atomic E-state index is 13.4. The van der Waals surface area contributed by atoms with Crippen LogP contribution in [0.5, 0.6) is 0 Å². The lowest BCUT2D eigenvalue weighted by molar-refractivity contribution is -0.390. The number of benzene rings is 1. The van der Waals surface area contributed by atoms with E-state index in [1.54, 1.807) is 12.1 Å². The van der Waals surface area contributed by atoms with E-state index in [0.717, 1.165) is 17.8 Å². The Morgan fingerprint density at radius 1 is 1.33 bits per heavy atom. The Bertz CT molecular complexity index is 609. The summed E-state index contributed by atoms with van der Waals surface area (Å²) >= 11 is 6.86. The number of para-hydroxylation sites is 1. The van der Waals surface area contributed by atoms with Crippen molar-refractivity contribution in [2.75, 3.05) is 0 Å². The maximum absolute atomic E-state index is 13.4. The van der Waals surface area contributed by atoms with Crippen LogP contribution in [0, 0.1) is 15.9 Å². The largest absolute Gasteiger partial charge is 0.318 e. The lowest BCUT2D eigenvalue weighted by Gasteiger charge is -2.04. The summed E-state index contributed by atoms with van der Waals surface area (Å²) in [7, 11) is 0. The summed E-state index contributed by atoms with van der Waals surface area (Å²) in [5.41, 5.74) is -0.566. The van der Waals surface area contributed by atoms with Crippen LogP contribution in [-0.2, 0) is 0 Å². The van der Waals surface area contributed by atoms with E-state index in [4.69, 9.17) is 11.6 Å². The predicted octanol–water partition coefficient (Wildman–Crippen LogP) is 3.93. The van der Waals surface area contributed by atoms with E-state index >= 15 is 0 Å². The van der Waals surface area contributed by atoms with Crippen molar-refractivity contribution < 1.29 is 9.31 Å². The number of pyridine rings is 1. The van der Waals surface area contributed by atoms with Crippen LogP contribution < -0.4 is 0 Å². The molecule has 0 saturated carbocycles. The minimum absolute atomic E-state index is 0.167. The maximum Gasteiger partial charge on any atom is 0.318 e. The molecule has 0 bridgehead atoms. The molecular weight excluding hydrogens is 279 g/mol. The van der Waals surface area contributed by atoms with Gasteiger partial charge in [-0.25, -0.2) is 4.98 Å². The number of rotatable bonds is 3. The second-order valence-corrected chi connectivity index (χ2v) is 4.67. The Morgan fingerprint density at radius 3 is 2.78 bits per heavy atom. The fourth-order valence-electron chi connectivity index (χ4n) is 1.31. The molecule has 18 heavy (non-hydrogen) atoms. The van der Waals surface area contributed by atoms with Gasteiger partial charge in [-0.05, 0) is 24.3 Å². The van der Waals surface area contributed by atoms with Crippen molar-refractivity contribution in [2.24, 2.45) is 0 Å². The molecule has 0 radical (unpaired) electrons. The summed E-state index contributed by atoms with van der Waals surface area (Å²) in [6, 6.07) is 7.16. The van der Waals surface area contributed by atoms with Gasteiger partial charge in [-0.3, -0.25) is 10.1 Å². The average Bonchev–Trinajstić information content (AvgIpc) is 2.31. The van der Waals surface area contributed by atoms with Gasteiger partial charge in [-0.2, -0.15) is 4.39 Å². The van der Waals surface area contributed by atoms with E-state index in [-0.39, 0.29) is 4.90 Å². The van der Waals surface area contributed by atoms with Gasteiger partial charge in [0.25, 0.3) is 0 Å². The number of hydrogen-bond acceptors (Lipinski definition) is 4. The third-order valence-corrected chi connectivity index (χ3v) is 3.55. The topological polar surface area (TPSA) is 56.0 Å². The number of nitro benzene ring substituents is 1. The third kappa shape index (κ3) is 2.60. The first kappa shape index (κ1) is 12.8. The molecule has 0 aliphatic heterocycles. The van der Waals surface area contributed by atoms with Crippen LogP contribution in [0.1, 0.15) is 0 Å². The Hall–Kier alpha value is -1.66. The van der Waals surface area contributed by atoms with Crippen molar-refractivity contribution in [1.29, 1.82) is 0 Å². The molecule has 0 amide bonds. The lowest BCUT2D eigenvalue weighted by Crippen LogP contribution is -1.95. The Labute approximate surface area is 111 Å². The van der Waals surface area contributed by atoms with Gasteiger partial charge in [0.15, 0.2) is 0 Å². The zero-order valence-corrected chi connectivity index (χ0v) is 10.4. The highest BCUT2D eigenvalue weighted by Crippen LogP contribution is 2.37. The fourth-order valence-corrected chi connectivity index (χ4v) is 2.45. The van der Waals surface area contributed by atoms with Gasteiger partial charge in [0, 0.05) is 6.20 Å². The Balaban J connectivity index is 2.44. The lowest BCUT2D eigenvalue weighted by atomic mass is 10.3. The highest BCUT2D eigenvalue weighted by Gasteiger charge is 2.21. The van der Waals surface area contributed by atoms with Crippen LogP contribution >= 0.6 is 23.4 Å². The molecule has 0 spiro atoms. The molecule has 0 atom stereocenters. The summed E-state index contributed by atoms with van der Waals surface area (Å²) in [6.07, 6.45) is 1.51. The molecule has 2 rings (SSSR count). The normalized spacial score (nSPS) is 10.3. The molecule has 1 heterocycles. The quantitative estimate of drug-likeness (QED) is 0.633. The van der Waals surface area contributed by atoms with Crippen LogP contribution in [0.3, 0.4) is 0 Å². The number of aromatic nitrogens is 1. The first-order chi connectivity index (χ1) is 8.59. The van der Waals surface area contributed by atoms with Crippen molar-refractivity contribution in [2.45, 2.75) is 9.92 Å². The van der Waals surface area contributed by atoms with Crippen LogP contribution in [0.2, 0.25) is 5.02 Å².